The number of aromatic nitrogens is 2. The molecule has 1 N–H and O–H groups in total. The van der Waals surface area contributed by atoms with Gasteiger partial charge in [0.15, 0.2) is 0 Å². The van der Waals surface area contributed by atoms with Crippen molar-refractivity contribution in [2.75, 3.05) is 29.9 Å². The molecule has 5 nitrogen and oxygen atoms in total. The van der Waals surface area contributed by atoms with Crippen LogP contribution < -0.4 is 10.2 Å². The van der Waals surface area contributed by atoms with Gasteiger partial charge in [0, 0.05) is 32.1 Å². The van der Waals surface area contributed by atoms with Gasteiger partial charge in [0.1, 0.15) is 17.5 Å². The summed E-state index contributed by atoms with van der Waals surface area (Å²) in [5.74, 6) is 2.62. The van der Waals surface area contributed by atoms with Crippen LogP contribution >= 0.6 is 0 Å². The summed E-state index contributed by atoms with van der Waals surface area (Å²) in [4.78, 5) is 11.1. The Bertz CT molecular complexity index is 424. The molecule has 0 amide bonds. The minimum absolute atomic E-state index is 0.511. The molecule has 0 unspecified atom stereocenters. The van der Waals surface area contributed by atoms with Gasteiger partial charge in [0.25, 0.3) is 0 Å². The smallest absolute Gasteiger partial charge is 0.134 e. The van der Waals surface area contributed by atoms with Crippen molar-refractivity contribution < 1.29 is 0 Å². The van der Waals surface area contributed by atoms with Gasteiger partial charge in [-0.2, -0.15) is 5.26 Å². The summed E-state index contributed by atoms with van der Waals surface area (Å²) in [5.41, 5.74) is 0. The number of nitrogens with one attached hydrogen (secondary N) is 1. The Morgan fingerprint density at radius 2 is 2.11 bits per heavy atom. The summed E-state index contributed by atoms with van der Waals surface area (Å²) in [6, 6.07) is 4.15. The van der Waals surface area contributed by atoms with Crippen molar-refractivity contribution in [1.29, 1.82) is 5.26 Å². The maximum absolute atomic E-state index is 8.71. The first-order valence-electron chi connectivity index (χ1n) is 6.98. The largest absolute Gasteiger partial charge is 0.370 e. The molecule has 0 aliphatic rings. The molecule has 19 heavy (non-hydrogen) atoms. The molecule has 0 atom stereocenters. The van der Waals surface area contributed by atoms with E-state index < -0.39 is 0 Å². The molecule has 5 heteroatoms. The normalized spacial score (nSPS) is 10.0. The average molecular weight is 261 g/mol. The van der Waals surface area contributed by atoms with Crippen LogP contribution in [0.5, 0.6) is 0 Å². The Kier molecular flexibility index (Phi) is 6.65. The quantitative estimate of drug-likeness (QED) is 0.779. The van der Waals surface area contributed by atoms with E-state index in [2.05, 4.69) is 40.1 Å². The summed E-state index contributed by atoms with van der Waals surface area (Å²) < 4.78 is 0. The van der Waals surface area contributed by atoms with Crippen LogP contribution in [0.15, 0.2) is 6.07 Å². The van der Waals surface area contributed by atoms with Gasteiger partial charge in [0.05, 0.1) is 12.5 Å². The van der Waals surface area contributed by atoms with Crippen LogP contribution in [0.2, 0.25) is 0 Å². The lowest BCUT2D eigenvalue weighted by Gasteiger charge is -2.21. The highest BCUT2D eigenvalue weighted by atomic mass is 15.2. The minimum Gasteiger partial charge on any atom is -0.370 e. The standard InChI is InChI=1S/C14H23N5/c1-4-9-16-13-11-14(18-12(5-2)17-13)19(6-3)10-7-8-15/h11H,4-7,9-10H2,1-3H3,(H,16,17,18). The zero-order valence-corrected chi connectivity index (χ0v) is 12.1. The van der Waals surface area contributed by atoms with Crippen molar-refractivity contribution in [1.82, 2.24) is 9.97 Å². The second-order valence-electron chi connectivity index (χ2n) is 4.30. The van der Waals surface area contributed by atoms with Crippen LogP contribution in [0.25, 0.3) is 0 Å². The molecule has 0 saturated carbocycles. The SMILES string of the molecule is CCCNc1cc(N(CC)CCC#N)nc(CC)n1. The molecular weight excluding hydrogens is 238 g/mol. The Labute approximate surface area is 115 Å². The van der Waals surface area contributed by atoms with Crippen molar-refractivity contribution in [3.8, 4) is 6.07 Å². The summed E-state index contributed by atoms with van der Waals surface area (Å²) in [6.07, 6.45) is 2.38. The van der Waals surface area contributed by atoms with Gasteiger partial charge in [-0.25, -0.2) is 9.97 Å². The number of nitriles is 1. The molecule has 1 rings (SSSR count). The molecule has 0 aliphatic heterocycles. The molecule has 1 heterocycles. The summed E-state index contributed by atoms with van der Waals surface area (Å²) in [5, 5.41) is 12.0. The van der Waals surface area contributed by atoms with E-state index in [4.69, 9.17) is 5.26 Å². The predicted molar refractivity (Wildman–Crippen MR) is 78.3 cm³/mol. The number of nitrogens with zero attached hydrogens (tertiary/aromatic N) is 4. The van der Waals surface area contributed by atoms with E-state index in [1.807, 2.05) is 13.0 Å². The fraction of sp³-hybridized carbons (Fsp3) is 0.643. The third kappa shape index (κ3) is 4.74. The van der Waals surface area contributed by atoms with Gasteiger partial charge in [-0.1, -0.05) is 13.8 Å². The van der Waals surface area contributed by atoms with Crippen molar-refractivity contribution in [2.45, 2.75) is 40.0 Å². The molecular formula is C14H23N5. The molecule has 0 aromatic carbocycles. The monoisotopic (exact) mass is 261 g/mol. The highest BCUT2D eigenvalue weighted by Gasteiger charge is 2.09. The summed E-state index contributed by atoms with van der Waals surface area (Å²) in [6.45, 7) is 8.71. The zero-order valence-electron chi connectivity index (χ0n) is 12.1. The van der Waals surface area contributed by atoms with Gasteiger partial charge in [-0.05, 0) is 13.3 Å². The Hall–Kier alpha value is -1.83. The minimum atomic E-state index is 0.511. The van der Waals surface area contributed by atoms with E-state index in [0.717, 1.165) is 43.4 Å². The van der Waals surface area contributed by atoms with Crippen LogP contribution in [-0.4, -0.2) is 29.6 Å². The van der Waals surface area contributed by atoms with E-state index in [9.17, 15) is 0 Å². The topological polar surface area (TPSA) is 64.8 Å². The Morgan fingerprint density at radius 1 is 1.32 bits per heavy atom. The summed E-state index contributed by atoms with van der Waals surface area (Å²) >= 11 is 0. The van der Waals surface area contributed by atoms with Gasteiger partial charge < -0.3 is 10.2 Å². The average Bonchev–Trinajstić information content (AvgIpc) is 2.45. The third-order valence-electron chi connectivity index (χ3n) is 2.83. The lowest BCUT2D eigenvalue weighted by molar-refractivity contribution is 0.794. The predicted octanol–water partition coefficient (Wildman–Crippen LogP) is 2.60. The van der Waals surface area contributed by atoms with Crippen molar-refractivity contribution in [2.24, 2.45) is 0 Å². The zero-order chi connectivity index (χ0) is 14.1. The Morgan fingerprint density at radius 3 is 2.68 bits per heavy atom. The van der Waals surface area contributed by atoms with E-state index in [0.29, 0.717) is 13.0 Å². The van der Waals surface area contributed by atoms with Crippen LogP contribution in [0.4, 0.5) is 11.6 Å². The maximum Gasteiger partial charge on any atom is 0.134 e. The number of rotatable bonds is 8. The van der Waals surface area contributed by atoms with Crippen LogP contribution in [-0.2, 0) is 6.42 Å². The highest BCUT2D eigenvalue weighted by Crippen LogP contribution is 2.16. The fourth-order valence-electron chi connectivity index (χ4n) is 1.77. The van der Waals surface area contributed by atoms with Crippen LogP contribution in [0.1, 0.15) is 39.4 Å². The van der Waals surface area contributed by atoms with Crippen molar-refractivity contribution in [3.05, 3.63) is 11.9 Å². The molecule has 0 bridgehead atoms. The van der Waals surface area contributed by atoms with Gasteiger partial charge in [-0.3, -0.25) is 0 Å². The maximum atomic E-state index is 8.71. The second-order valence-corrected chi connectivity index (χ2v) is 4.30. The van der Waals surface area contributed by atoms with Gasteiger partial charge in [0.2, 0.25) is 0 Å². The van der Waals surface area contributed by atoms with Crippen LogP contribution in [0, 0.1) is 11.3 Å². The Balaban J connectivity index is 2.93. The van der Waals surface area contributed by atoms with E-state index in [-0.39, 0.29) is 0 Å². The fourth-order valence-corrected chi connectivity index (χ4v) is 1.77. The lowest BCUT2D eigenvalue weighted by Crippen LogP contribution is -2.25. The second kappa shape index (κ2) is 8.30. The first-order chi connectivity index (χ1) is 9.24. The molecule has 0 saturated heterocycles. The van der Waals surface area contributed by atoms with E-state index >= 15 is 0 Å². The van der Waals surface area contributed by atoms with E-state index in [1.165, 1.54) is 0 Å². The third-order valence-corrected chi connectivity index (χ3v) is 2.83. The first kappa shape index (κ1) is 15.2. The van der Waals surface area contributed by atoms with Gasteiger partial charge >= 0.3 is 0 Å². The number of hydrogen-bond donors (Lipinski definition) is 1. The molecule has 1 aromatic rings. The molecule has 1 aromatic heterocycles. The first-order valence-corrected chi connectivity index (χ1v) is 6.98. The summed E-state index contributed by atoms with van der Waals surface area (Å²) in [7, 11) is 0. The van der Waals surface area contributed by atoms with Crippen molar-refractivity contribution in [3.63, 3.8) is 0 Å². The molecule has 0 aliphatic carbocycles. The molecule has 104 valence electrons. The number of aryl methyl sites for hydroxylation is 1. The van der Waals surface area contributed by atoms with Crippen molar-refractivity contribution >= 4 is 11.6 Å². The van der Waals surface area contributed by atoms with Gasteiger partial charge in [-0.15, -0.1) is 0 Å². The molecule has 0 radical (unpaired) electrons. The lowest BCUT2D eigenvalue weighted by atomic mass is 10.3. The van der Waals surface area contributed by atoms with Crippen LogP contribution in [0.3, 0.4) is 0 Å². The van der Waals surface area contributed by atoms with E-state index in [1.54, 1.807) is 0 Å². The number of hydrogen-bond acceptors (Lipinski definition) is 5. The molecule has 0 fully saturated rings. The highest BCUT2D eigenvalue weighted by molar-refractivity contribution is 5.49. The molecule has 0 spiro atoms. The number of anilines is 2.